The fourth-order valence-corrected chi connectivity index (χ4v) is 1.71. The molecule has 0 radical (unpaired) electrons. The first-order valence-corrected chi connectivity index (χ1v) is 5.02. The number of hydrogen-bond acceptors (Lipinski definition) is 1. The Bertz CT molecular complexity index is 230. The Hall–Kier alpha value is -0.820. The first-order valence-electron chi connectivity index (χ1n) is 5.02. The fourth-order valence-electron chi connectivity index (χ4n) is 1.71. The van der Waals surface area contributed by atoms with Gasteiger partial charge in [0.1, 0.15) is 0 Å². The lowest BCUT2D eigenvalue weighted by Crippen LogP contribution is -2.16. The maximum Gasteiger partial charge on any atom is 0.0606 e. The third-order valence-corrected chi connectivity index (χ3v) is 2.55. The molecule has 0 aliphatic carbocycles. The van der Waals surface area contributed by atoms with Gasteiger partial charge in [0.25, 0.3) is 0 Å². The third-order valence-electron chi connectivity index (χ3n) is 2.55. The van der Waals surface area contributed by atoms with Gasteiger partial charge in [0.05, 0.1) is 6.10 Å². The Morgan fingerprint density at radius 3 is 2.15 bits per heavy atom. The number of aliphatic hydroxyl groups excluding tert-OH is 1. The van der Waals surface area contributed by atoms with Gasteiger partial charge in [-0.25, -0.2) is 0 Å². The SMILES string of the molecule is CC[C@H](O)[C@@H](CC)c1ccccc1. The van der Waals surface area contributed by atoms with Gasteiger partial charge in [0.15, 0.2) is 0 Å². The van der Waals surface area contributed by atoms with Crippen LogP contribution in [0.4, 0.5) is 0 Å². The van der Waals surface area contributed by atoms with Crippen LogP contribution in [-0.4, -0.2) is 11.2 Å². The second-order valence-corrected chi connectivity index (χ2v) is 3.40. The van der Waals surface area contributed by atoms with Gasteiger partial charge >= 0.3 is 0 Å². The molecule has 1 nitrogen and oxygen atoms in total. The van der Waals surface area contributed by atoms with E-state index < -0.39 is 0 Å². The van der Waals surface area contributed by atoms with Crippen molar-refractivity contribution in [2.75, 3.05) is 0 Å². The summed E-state index contributed by atoms with van der Waals surface area (Å²) in [5.74, 6) is 0.297. The van der Waals surface area contributed by atoms with Crippen LogP contribution in [0, 0.1) is 0 Å². The monoisotopic (exact) mass is 178 g/mol. The van der Waals surface area contributed by atoms with E-state index in [4.69, 9.17) is 0 Å². The maximum absolute atomic E-state index is 9.77. The first kappa shape index (κ1) is 10.3. The van der Waals surface area contributed by atoms with E-state index in [2.05, 4.69) is 19.1 Å². The van der Waals surface area contributed by atoms with Gasteiger partial charge in [-0.05, 0) is 18.4 Å². The Labute approximate surface area is 80.4 Å². The van der Waals surface area contributed by atoms with Crippen molar-refractivity contribution < 1.29 is 5.11 Å². The zero-order chi connectivity index (χ0) is 9.68. The molecule has 0 heterocycles. The van der Waals surface area contributed by atoms with E-state index >= 15 is 0 Å². The summed E-state index contributed by atoms with van der Waals surface area (Å²) in [5, 5.41) is 9.77. The molecule has 0 amide bonds. The Balaban J connectivity index is 2.78. The summed E-state index contributed by atoms with van der Waals surface area (Å²) in [6, 6.07) is 10.2. The van der Waals surface area contributed by atoms with Crippen LogP contribution in [-0.2, 0) is 0 Å². The van der Waals surface area contributed by atoms with E-state index in [-0.39, 0.29) is 6.10 Å². The summed E-state index contributed by atoms with van der Waals surface area (Å²) in [6.45, 7) is 4.15. The van der Waals surface area contributed by atoms with Crippen molar-refractivity contribution in [1.82, 2.24) is 0 Å². The smallest absolute Gasteiger partial charge is 0.0606 e. The Morgan fingerprint density at radius 1 is 1.08 bits per heavy atom. The minimum Gasteiger partial charge on any atom is -0.393 e. The lowest BCUT2D eigenvalue weighted by molar-refractivity contribution is 0.136. The lowest BCUT2D eigenvalue weighted by atomic mass is 9.90. The van der Waals surface area contributed by atoms with E-state index in [0.29, 0.717) is 5.92 Å². The first-order chi connectivity index (χ1) is 6.29. The Kier molecular flexibility index (Phi) is 3.97. The van der Waals surface area contributed by atoms with Gasteiger partial charge in [-0.2, -0.15) is 0 Å². The van der Waals surface area contributed by atoms with E-state index in [1.807, 2.05) is 25.1 Å². The molecule has 0 spiro atoms. The third kappa shape index (κ3) is 2.56. The van der Waals surface area contributed by atoms with Crippen LogP contribution in [0.15, 0.2) is 30.3 Å². The topological polar surface area (TPSA) is 20.2 Å². The summed E-state index contributed by atoms with van der Waals surface area (Å²) >= 11 is 0. The number of hydrogen-bond donors (Lipinski definition) is 1. The molecule has 2 atom stereocenters. The second kappa shape index (κ2) is 5.03. The summed E-state index contributed by atoms with van der Waals surface area (Å²) in [7, 11) is 0. The van der Waals surface area contributed by atoms with E-state index in [1.165, 1.54) is 5.56 Å². The quantitative estimate of drug-likeness (QED) is 0.751. The van der Waals surface area contributed by atoms with E-state index in [1.54, 1.807) is 0 Å². The number of benzene rings is 1. The molecule has 0 bridgehead atoms. The van der Waals surface area contributed by atoms with Crippen LogP contribution >= 0.6 is 0 Å². The highest BCUT2D eigenvalue weighted by atomic mass is 16.3. The van der Waals surface area contributed by atoms with Crippen molar-refractivity contribution in [3.05, 3.63) is 35.9 Å². The van der Waals surface area contributed by atoms with Gasteiger partial charge in [0, 0.05) is 5.92 Å². The summed E-state index contributed by atoms with van der Waals surface area (Å²) < 4.78 is 0. The zero-order valence-corrected chi connectivity index (χ0v) is 8.40. The molecule has 72 valence electrons. The zero-order valence-electron chi connectivity index (χ0n) is 8.40. The van der Waals surface area contributed by atoms with Crippen molar-refractivity contribution in [3.63, 3.8) is 0 Å². The fraction of sp³-hybridized carbons (Fsp3) is 0.500. The van der Waals surface area contributed by atoms with E-state index in [0.717, 1.165) is 12.8 Å². The van der Waals surface area contributed by atoms with Crippen LogP contribution in [0.1, 0.15) is 38.2 Å². The molecule has 0 fully saturated rings. The van der Waals surface area contributed by atoms with Crippen molar-refractivity contribution in [3.8, 4) is 0 Å². The minimum absolute atomic E-state index is 0.201. The average Bonchev–Trinajstić information content (AvgIpc) is 2.20. The molecule has 1 N–H and O–H groups in total. The molecule has 0 saturated heterocycles. The molecule has 1 heteroatoms. The molecule has 1 rings (SSSR count). The van der Waals surface area contributed by atoms with Gasteiger partial charge in [-0.3, -0.25) is 0 Å². The van der Waals surface area contributed by atoms with Gasteiger partial charge < -0.3 is 5.11 Å². The number of rotatable bonds is 4. The molecule has 13 heavy (non-hydrogen) atoms. The van der Waals surface area contributed by atoms with Crippen molar-refractivity contribution in [2.45, 2.75) is 38.7 Å². The van der Waals surface area contributed by atoms with Crippen LogP contribution in [0.3, 0.4) is 0 Å². The average molecular weight is 178 g/mol. The predicted octanol–water partition coefficient (Wildman–Crippen LogP) is 2.95. The Morgan fingerprint density at radius 2 is 1.69 bits per heavy atom. The molecule has 0 unspecified atom stereocenters. The van der Waals surface area contributed by atoms with Gasteiger partial charge in [0.2, 0.25) is 0 Å². The lowest BCUT2D eigenvalue weighted by Gasteiger charge is -2.20. The second-order valence-electron chi connectivity index (χ2n) is 3.40. The minimum atomic E-state index is -0.201. The molecule has 0 aromatic heterocycles. The molecule has 1 aromatic rings. The summed E-state index contributed by atoms with van der Waals surface area (Å²) in [4.78, 5) is 0. The van der Waals surface area contributed by atoms with Crippen molar-refractivity contribution >= 4 is 0 Å². The van der Waals surface area contributed by atoms with Crippen molar-refractivity contribution in [2.24, 2.45) is 0 Å². The normalized spacial score (nSPS) is 15.3. The highest BCUT2D eigenvalue weighted by Crippen LogP contribution is 2.24. The van der Waals surface area contributed by atoms with Crippen molar-refractivity contribution in [1.29, 1.82) is 0 Å². The van der Waals surface area contributed by atoms with Gasteiger partial charge in [-0.1, -0.05) is 44.2 Å². The maximum atomic E-state index is 9.77. The molecule has 0 saturated carbocycles. The van der Waals surface area contributed by atoms with Crippen LogP contribution in [0.5, 0.6) is 0 Å². The van der Waals surface area contributed by atoms with Crippen LogP contribution in [0.25, 0.3) is 0 Å². The van der Waals surface area contributed by atoms with Crippen LogP contribution in [0.2, 0.25) is 0 Å². The molecule has 0 aliphatic heterocycles. The van der Waals surface area contributed by atoms with Gasteiger partial charge in [-0.15, -0.1) is 0 Å². The molecule has 1 aromatic carbocycles. The molecule has 0 aliphatic rings. The molecular weight excluding hydrogens is 160 g/mol. The van der Waals surface area contributed by atoms with Crippen LogP contribution < -0.4 is 0 Å². The van der Waals surface area contributed by atoms with E-state index in [9.17, 15) is 5.11 Å². The highest BCUT2D eigenvalue weighted by molar-refractivity contribution is 5.20. The molecular formula is C12H18O. The number of aliphatic hydroxyl groups is 1. The predicted molar refractivity (Wildman–Crippen MR) is 55.8 cm³/mol. The summed E-state index contributed by atoms with van der Waals surface area (Å²) in [6.07, 6.45) is 1.62. The summed E-state index contributed by atoms with van der Waals surface area (Å²) in [5.41, 5.74) is 1.25. The standard InChI is InChI=1S/C12H18O/c1-3-11(12(13)4-2)10-8-6-5-7-9-10/h5-9,11-13H,3-4H2,1-2H3/t11-,12-/m0/s1. The largest absolute Gasteiger partial charge is 0.393 e. The highest BCUT2D eigenvalue weighted by Gasteiger charge is 2.16.